The maximum Gasteiger partial charge on any atom is 0.282 e. The minimum atomic E-state index is -0.188. The summed E-state index contributed by atoms with van der Waals surface area (Å²) in [5, 5.41) is 6.04. The fraction of sp³-hybridized carbons (Fsp3) is 0.235. The van der Waals surface area contributed by atoms with E-state index in [-0.39, 0.29) is 11.1 Å². The van der Waals surface area contributed by atoms with Crippen LogP contribution >= 0.6 is 11.3 Å². The second kappa shape index (κ2) is 5.45. The second-order valence-electron chi connectivity index (χ2n) is 5.82. The quantitative estimate of drug-likeness (QED) is 0.779. The lowest BCUT2D eigenvalue weighted by molar-refractivity contribution is 0.830. The molecule has 0 spiro atoms. The molecule has 0 saturated heterocycles. The van der Waals surface area contributed by atoms with Crippen LogP contribution in [0.5, 0.6) is 0 Å². The van der Waals surface area contributed by atoms with Crippen LogP contribution in [-0.4, -0.2) is 19.3 Å². The predicted molar refractivity (Wildman–Crippen MR) is 95.9 cm³/mol. The molecule has 3 aromatic heterocycles. The number of rotatable bonds is 2. The van der Waals surface area contributed by atoms with Crippen LogP contribution in [0.4, 0.5) is 0 Å². The van der Waals surface area contributed by atoms with Gasteiger partial charge in [0.25, 0.3) is 11.1 Å². The first-order valence-electron chi connectivity index (χ1n) is 7.70. The van der Waals surface area contributed by atoms with E-state index in [1.807, 2.05) is 5.38 Å². The molecule has 0 saturated carbocycles. The summed E-state index contributed by atoms with van der Waals surface area (Å²) in [6.45, 7) is 1.77. The van der Waals surface area contributed by atoms with Gasteiger partial charge in [-0.25, -0.2) is 4.98 Å². The number of aryl methyl sites for hydroxylation is 1. The fourth-order valence-electron chi connectivity index (χ4n) is 2.90. The number of fused-ring (bicyclic) bond motifs is 1. The number of nitrogens with one attached hydrogen (secondary N) is 1. The molecule has 24 heavy (non-hydrogen) atoms. The highest BCUT2D eigenvalue weighted by atomic mass is 32.1. The Labute approximate surface area is 141 Å². The van der Waals surface area contributed by atoms with Gasteiger partial charge in [0.15, 0.2) is 0 Å². The molecule has 0 aromatic carbocycles. The van der Waals surface area contributed by atoms with Crippen molar-refractivity contribution < 1.29 is 0 Å². The van der Waals surface area contributed by atoms with Gasteiger partial charge in [0.1, 0.15) is 0 Å². The summed E-state index contributed by atoms with van der Waals surface area (Å²) in [6.07, 6.45) is 8.40. The molecule has 0 aliphatic heterocycles. The number of thiazole rings is 1. The maximum absolute atomic E-state index is 12.8. The van der Waals surface area contributed by atoms with E-state index in [4.69, 9.17) is 0 Å². The van der Waals surface area contributed by atoms with Crippen LogP contribution in [0.3, 0.4) is 0 Å². The summed E-state index contributed by atoms with van der Waals surface area (Å²) in [6, 6.07) is 1.45. The van der Waals surface area contributed by atoms with Gasteiger partial charge in [0.2, 0.25) is 5.13 Å². The Morgan fingerprint density at radius 2 is 2.12 bits per heavy atom. The molecule has 0 unspecified atom stereocenters. The monoisotopic (exact) mass is 340 g/mol. The molecule has 0 radical (unpaired) electrons. The van der Waals surface area contributed by atoms with Gasteiger partial charge in [-0.05, 0) is 25.3 Å². The van der Waals surface area contributed by atoms with E-state index < -0.39 is 0 Å². The summed E-state index contributed by atoms with van der Waals surface area (Å²) in [7, 11) is 1.66. The summed E-state index contributed by atoms with van der Waals surface area (Å²) in [5.74, 6) is 0. The highest BCUT2D eigenvalue weighted by Gasteiger charge is 2.16. The SMILES string of the molecule is Cc1c2c(=O)n(-c3nc(C4=CCCC=C4)cs3)[nH]c2cc(=O)n1C. The molecule has 3 aromatic rings. The zero-order valence-corrected chi connectivity index (χ0v) is 14.2. The third-order valence-corrected chi connectivity index (χ3v) is 5.18. The molecule has 3 heterocycles. The number of allylic oxidation sites excluding steroid dienone is 4. The average Bonchev–Trinajstić information content (AvgIpc) is 3.19. The number of nitrogens with zero attached hydrogens (tertiary/aromatic N) is 3. The van der Waals surface area contributed by atoms with E-state index in [1.54, 1.807) is 14.0 Å². The highest BCUT2D eigenvalue weighted by molar-refractivity contribution is 7.12. The Balaban J connectivity index is 1.87. The van der Waals surface area contributed by atoms with Crippen LogP contribution in [0.15, 0.2) is 39.3 Å². The minimum absolute atomic E-state index is 0.147. The number of H-pyrrole nitrogens is 1. The van der Waals surface area contributed by atoms with Crippen LogP contribution in [-0.2, 0) is 7.05 Å². The van der Waals surface area contributed by atoms with Crippen molar-refractivity contribution in [3.63, 3.8) is 0 Å². The molecule has 1 N–H and O–H groups in total. The van der Waals surface area contributed by atoms with Crippen molar-refractivity contribution in [2.45, 2.75) is 19.8 Å². The lowest BCUT2D eigenvalue weighted by Gasteiger charge is -2.02. The normalized spacial score (nSPS) is 14.3. The zero-order chi connectivity index (χ0) is 16.8. The van der Waals surface area contributed by atoms with E-state index in [0.29, 0.717) is 21.7 Å². The summed E-state index contributed by atoms with van der Waals surface area (Å²) < 4.78 is 2.89. The number of aromatic nitrogens is 4. The Morgan fingerprint density at radius 3 is 2.88 bits per heavy atom. The Bertz CT molecular complexity index is 1120. The Kier molecular flexibility index (Phi) is 3.38. The minimum Gasteiger partial charge on any atom is -0.315 e. The lowest BCUT2D eigenvalue weighted by atomic mass is 10.1. The first-order chi connectivity index (χ1) is 11.6. The molecule has 0 atom stereocenters. The molecule has 0 amide bonds. The number of pyridine rings is 1. The van der Waals surface area contributed by atoms with Gasteiger partial charge >= 0.3 is 0 Å². The molecular weight excluding hydrogens is 324 g/mol. The van der Waals surface area contributed by atoms with Gasteiger partial charge in [-0.3, -0.25) is 14.7 Å². The van der Waals surface area contributed by atoms with E-state index in [2.05, 4.69) is 28.3 Å². The van der Waals surface area contributed by atoms with E-state index in [1.165, 1.54) is 26.7 Å². The fourth-order valence-corrected chi connectivity index (χ4v) is 3.69. The number of hydrogen-bond donors (Lipinski definition) is 1. The van der Waals surface area contributed by atoms with Gasteiger partial charge in [-0.2, -0.15) is 4.68 Å². The van der Waals surface area contributed by atoms with Gasteiger partial charge < -0.3 is 4.57 Å². The van der Waals surface area contributed by atoms with Crippen molar-refractivity contribution in [1.29, 1.82) is 0 Å². The van der Waals surface area contributed by atoms with E-state index in [9.17, 15) is 9.59 Å². The molecule has 6 nitrogen and oxygen atoms in total. The first-order valence-corrected chi connectivity index (χ1v) is 8.58. The van der Waals surface area contributed by atoms with Crippen LogP contribution in [0.25, 0.3) is 21.6 Å². The van der Waals surface area contributed by atoms with Gasteiger partial charge in [0.05, 0.1) is 16.6 Å². The van der Waals surface area contributed by atoms with Crippen LogP contribution in [0.2, 0.25) is 0 Å². The molecule has 1 aliphatic carbocycles. The molecule has 4 rings (SSSR count). The third-order valence-electron chi connectivity index (χ3n) is 4.36. The smallest absolute Gasteiger partial charge is 0.282 e. The lowest BCUT2D eigenvalue weighted by Crippen LogP contribution is -2.20. The van der Waals surface area contributed by atoms with Crippen LogP contribution in [0.1, 0.15) is 24.2 Å². The van der Waals surface area contributed by atoms with Crippen molar-refractivity contribution >= 4 is 27.8 Å². The van der Waals surface area contributed by atoms with Gasteiger partial charge in [-0.15, -0.1) is 11.3 Å². The zero-order valence-electron chi connectivity index (χ0n) is 13.4. The van der Waals surface area contributed by atoms with Gasteiger partial charge in [0, 0.05) is 24.2 Å². The maximum atomic E-state index is 12.8. The van der Waals surface area contributed by atoms with Gasteiger partial charge in [-0.1, -0.05) is 18.2 Å². The third kappa shape index (κ3) is 2.20. The largest absolute Gasteiger partial charge is 0.315 e. The molecule has 7 heteroatoms. The summed E-state index contributed by atoms with van der Waals surface area (Å²) >= 11 is 1.40. The predicted octanol–water partition coefficient (Wildman–Crippen LogP) is 2.52. The van der Waals surface area contributed by atoms with Crippen molar-refractivity contribution in [2.24, 2.45) is 7.05 Å². The Hall–Kier alpha value is -2.67. The van der Waals surface area contributed by atoms with E-state index in [0.717, 1.165) is 24.1 Å². The highest BCUT2D eigenvalue weighted by Crippen LogP contribution is 2.24. The summed E-state index contributed by atoms with van der Waals surface area (Å²) in [5.41, 5.74) is 2.79. The van der Waals surface area contributed by atoms with Crippen LogP contribution < -0.4 is 11.1 Å². The first kappa shape index (κ1) is 14.9. The number of aromatic amines is 1. The topological polar surface area (TPSA) is 72.7 Å². The molecule has 0 bridgehead atoms. The van der Waals surface area contributed by atoms with Crippen molar-refractivity contribution in [1.82, 2.24) is 19.3 Å². The van der Waals surface area contributed by atoms with Crippen LogP contribution in [0, 0.1) is 6.92 Å². The standard InChI is InChI=1S/C17H16N4O2S/c1-10-15-12(8-14(22)20(10)2)19-21(16(15)23)17-18-13(9-24-17)11-6-4-3-5-7-11/h4,6-9,19H,3,5H2,1-2H3. The molecule has 1 aliphatic rings. The average molecular weight is 340 g/mol. The molecule has 0 fully saturated rings. The van der Waals surface area contributed by atoms with Crippen molar-refractivity contribution in [3.05, 3.63) is 61.8 Å². The number of hydrogen-bond acceptors (Lipinski definition) is 4. The Morgan fingerprint density at radius 1 is 1.29 bits per heavy atom. The summed E-state index contributed by atoms with van der Waals surface area (Å²) in [4.78, 5) is 29.3. The van der Waals surface area contributed by atoms with E-state index >= 15 is 0 Å². The molecular formula is C17H16N4O2S. The second-order valence-corrected chi connectivity index (χ2v) is 6.66. The van der Waals surface area contributed by atoms with Crippen molar-refractivity contribution in [2.75, 3.05) is 0 Å². The molecule has 122 valence electrons. The van der Waals surface area contributed by atoms with Crippen molar-refractivity contribution in [3.8, 4) is 5.13 Å².